The average Bonchev–Trinajstić information content (AvgIpc) is 2.45. The van der Waals surface area contributed by atoms with Gasteiger partial charge in [-0.05, 0) is 19.1 Å². The minimum absolute atomic E-state index is 0.0708. The molecule has 0 aromatic heterocycles. The molecule has 0 aliphatic heterocycles. The lowest BCUT2D eigenvalue weighted by molar-refractivity contribution is 0.103. The van der Waals surface area contributed by atoms with Crippen LogP contribution in [0.3, 0.4) is 0 Å². The first-order chi connectivity index (χ1) is 9.58. The third-order valence-corrected chi connectivity index (χ3v) is 2.99. The van der Waals surface area contributed by atoms with Gasteiger partial charge in [0.2, 0.25) is 0 Å². The van der Waals surface area contributed by atoms with Gasteiger partial charge < -0.3 is 9.84 Å². The smallest absolute Gasteiger partial charge is 0.196 e. The molecule has 0 amide bonds. The van der Waals surface area contributed by atoms with Crippen molar-refractivity contribution in [1.82, 2.24) is 0 Å². The summed E-state index contributed by atoms with van der Waals surface area (Å²) in [6.07, 6.45) is 0. The number of ketones is 1. The molecule has 104 valence electrons. The van der Waals surface area contributed by atoms with Gasteiger partial charge in [0.25, 0.3) is 0 Å². The van der Waals surface area contributed by atoms with Crippen LogP contribution in [-0.2, 0) is 0 Å². The van der Waals surface area contributed by atoms with Gasteiger partial charge in [0, 0.05) is 16.5 Å². The van der Waals surface area contributed by atoms with Crippen LogP contribution in [-0.4, -0.2) is 22.3 Å². The number of benzene rings is 2. The van der Waals surface area contributed by atoms with Gasteiger partial charge in [-0.15, -0.1) is 0 Å². The first-order valence-corrected chi connectivity index (χ1v) is 7.19. The Kier molecular flexibility index (Phi) is 4.79. The normalized spacial score (nSPS) is 11.9. The third-order valence-electron chi connectivity index (χ3n) is 2.73. The minimum Gasteiger partial charge on any atom is -0.507 e. The highest BCUT2D eigenvalue weighted by atomic mass is 79.9. The Morgan fingerprint density at radius 2 is 1.95 bits per heavy atom. The van der Waals surface area contributed by atoms with Gasteiger partial charge in [-0.1, -0.05) is 46.3 Å². The molecule has 0 aliphatic rings. The fourth-order valence-electron chi connectivity index (χ4n) is 1.75. The van der Waals surface area contributed by atoms with Crippen molar-refractivity contribution in [3.63, 3.8) is 0 Å². The molecule has 0 fully saturated rings. The van der Waals surface area contributed by atoms with Crippen molar-refractivity contribution in [1.29, 1.82) is 0 Å². The van der Waals surface area contributed by atoms with Crippen molar-refractivity contribution in [3.8, 4) is 11.5 Å². The largest absolute Gasteiger partial charge is 0.507 e. The molecule has 2 rings (SSSR count). The first kappa shape index (κ1) is 14.6. The van der Waals surface area contributed by atoms with Crippen LogP contribution >= 0.6 is 15.9 Å². The van der Waals surface area contributed by atoms with Gasteiger partial charge in [-0.25, -0.2) is 0 Å². The Hall–Kier alpha value is -1.81. The van der Waals surface area contributed by atoms with Crippen LogP contribution in [0.25, 0.3) is 0 Å². The number of rotatable bonds is 5. The van der Waals surface area contributed by atoms with Gasteiger partial charge in [-0.2, -0.15) is 0 Å². The average molecular weight is 335 g/mol. The lowest BCUT2D eigenvalue weighted by atomic mass is 10.0. The van der Waals surface area contributed by atoms with E-state index in [9.17, 15) is 9.90 Å². The summed E-state index contributed by atoms with van der Waals surface area (Å²) in [6.45, 7) is 2.46. The third kappa shape index (κ3) is 3.61. The predicted molar refractivity (Wildman–Crippen MR) is 81.9 cm³/mol. The highest BCUT2D eigenvalue weighted by Gasteiger charge is 2.14. The lowest BCUT2D eigenvalue weighted by Gasteiger charge is -2.10. The standard InChI is InChI=1S/C16H15BrO3/c1-11(17)10-20-13-7-8-14(15(18)9-13)16(19)12-5-3-2-4-6-12/h2-9,11,18H,10H2,1H3. The van der Waals surface area contributed by atoms with Crippen molar-refractivity contribution in [2.75, 3.05) is 6.61 Å². The number of carbonyl (C=O) groups is 1. The second-order valence-corrected chi connectivity index (χ2v) is 6.03. The number of phenols is 1. The molecule has 2 aromatic rings. The monoisotopic (exact) mass is 334 g/mol. The number of halogens is 1. The fraction of sp³-hybridized carbons (Fsp3) is 0.188. The van der Waals surface area contributed by atoms with Gasteiger partial charge in [0.1, 0.15) is 18.1 Å². The van der Waals surface area contributed by atoms with Crippen LogP contribution in [0, 0.1) is 0 Å². The maximum absolute atomic E-state index is 12.2. The zero-order valence-electron chi connectivity index (χ0n) is 11.0. The zero-order chi connectivity index (χ0) is 14.5. The van der Waals surface area contributed by atoms with E-state index >= 15 is 0 Å². The second kappa shape index (κ2) is 6.57. The van der Waals surface area contributed by atoms with Crippen molar-refractivity contribution in [2.24, 2.45) is 0 Å². The Morgan fingerprint density at radius 3 is 2.55 bits per heavy atom. The quantitative estimate of drug-likeness (QED) is 0.668. The van der Waals surface area contributed by atoms with Crippen LogP contribution in [0.2, 0.25) is 0 Å². The van der Waals surface area contributed by atoms with Gasteiger partial charge in [0.15, 0.2) is 5.78 Å². The van der Waals surface area contributed by atoms with E-state index in [0.29, 0.717) is 17.9 Å². The Labute approximate surface area is 126 Å². The molecule has 20 heavy (non-hydrogen) atoms. The SMILES string of the molecule is CC(Br)COc1ccc(C(=O)c2ccccc2)c(O)c1. The predicted octanol–water partition coefficient (Wildman–Crippen LogP) is 3.79. The van der Waals surface area contributed by atoms with Crippen LogP contribution in [0.1, 0.15) is 22.8 Å². The number of ether oxygens (including phenoxy) is 1. The van der Waals surface area contributed by atoms with Crippen LogP contribution in [0.4, 0.5) is 0 Å². The van der Waals surface area contributed by atoms with E-state index in [0.717, 1.165) is 0 Å². The molecule has 4 heteroatoms. The molecule has 2 aromatic carbocycles. The van der Waals surface area contributed by atoms with E-state index in [1.54, 1.807) is 36.4 Å². The lowest BCUT2D eigenvalue weighted by Crippen LogP contribution is -2.07. The van der Waals surface area contributed by atoms with Crippen LogP contribution in [0.5, 0.6) is 11.5 Å². The maximum Gasteiger partial charge on any atom is 0.196 e. The summed E-state index contributed by atoms with van der Waals surface area (Å²) in [5, 5.41) is 9.98. The zero-order valence-corrected chi connectivity index (χ0v) is 12.6. The van der Waals surface area contributed by atoms with E-state index < -0.39 is 0 Å². The van der Waals surface area contributed by atoms with E-state index in [4.69, 9.17) is 4.74 Å². The van der Waals surface area contributed by atoms with E-state index in [1.807, 2.05) is 13.0 Å². The van der Waals surface area contributed by atoms with Crippen LogP contribution in [0.15, 0.2) is 48.5 Å². The molecule has 0 saturated carbocycles. The summed E-state index contributed by atoms with van der Waals surface area (Å²) >= 11 is 3.38. The molecule has 0 aliphatic carbocycles. The number of alkyl halides is 1. The fourth-order valence-corrected chi connectivity index (χ4v) is 1.88. The second-order valence-electron chi connectivity index (χ2n) is 4.47. The molecule has 0 bridgehead atoms. The molecular formula is C16H15BrO3. The summed E-state index contributed by atoms with van der Waals surface area (Å²) < 4.78 is 5.47. The molecule has 0 spiro atoms. The van der Waals surface area contributed by atoms with E-state index in [2.05, 4.69) is 15.9 Å². The number of hydrogen-bond acceptors (Lipinski definition) is 3. The maximum atomic E-state index is 12.2. The molecule has 1 unspecified atom stereocenters. The van der Waals surface area contributed by atoms with Crippen LogP contribution < -0.4 is 4.74 Å². The molecule has 3 nitrogen and oxygen atoms in total. The highest BCUT2D eigenvalue weighted by Crippen LogP contribution is 2.26. The molecule has 1 N–H and O–H groups in total. The van der Waals surface area contributed by atoms with Gasteiger partial charge in [-0.3, -0.25) is 4.79 Å². The Morgan fingerprint density at radius 1 is 1.25 bits per heavy atom. The molecule has 0 saturated heterocycles. The number of hydrogen-bond donors (Lipinski definition) is 1. The van der Waals surface area contributed by atoms with Crippen molar-refractivity contribution in [2.45, 2.75) is 11.8 Å². The summed E-state index contributed by atoms with van der Waals surface area (Å²) in [5.41, 5.74) is 0.820. The minimum atomic E-state index is -0.205. The molecule has 0 radical (unpaired) electrons. The van der Waals surface area contributed by atoms with Gasteiger partial charge >= 0.3 is 0 Å². The van der Waals surface area contributed by atoms with E-state index in [1.165, 1.54) is 6.07 Å². The highest BCUT2D eigenvalue weighted by molar-refractivity contribution is 9.09. The summed E-state index contributed by atoms with van der Waals surface area (Å²) in [4.78, 5) is 12.5. The van der Waals surface area contributed by atoms with Crippen molar-refractivity contribution in [3.05, 3.63) is 59.7 Å². The van der Waals surface area contributed by atoms with Crippen molar-refractivity contribution >= 4 is 21.7 Å². The number of carbonyl (C=O) groups excluding carboxylic acids is 1. The van der Waals surface area contributed by atoms with Crippen molar-refractivity contribution < 1.29 is 14.6 Å². The topological polar surface area (TPSA) is 46.5 Å². The summed E-state index contributed by atoms with van der Waals surface area (Å²) in [7, 11) is 0. The molecule has 1 atom stereocenters. The van der Waals surface area contributed by atoms with E-state index in [-0.39, 0.29) is 21.9 Å². The Bertz CT molecular complexity index is 594. The molecular weight excluding hydrogens is 320 g/mol. The van der Waals surface area contributed by atoms with Gasteiger partial charge in [0.05, 0.1) is 5.56 Å². The number of phenolic OH excluding ortho intramolecular Hbond substituents is 1. The summed E-state index contributed by atoms with van der Waals surface area (Å²) in [5.74, 6) is 0.264. The number of aromatic hydroxyl groups is 1. The Balaban J connectivity index is 2.20. The summed E-state index contributed by atoms with van der Waals surface area (Å²) in [6, 6.07) is 13.6. The first-order valence-electron chi connectivity index (χ1n) is 6.27. The molecule has 0 heterocycles.